The minimum atomic E-state index is -4.60. The predicted molar refractivity (Wildman–Crippen MR) is 155 cm³/mol. The van der Waals surface area contributed by atoms with E-state index in [1.165, 1.54) is 11.3 Å². The van der Waals surface area contributed by atoms with E-state index in [-0.39, 0.29) is 12.6 Å². The Kier molecular flexibility index (Phi) is 7.90. The molecule has 222 valence electrons. The van der Waals surface area contributed by atoms with Crippen LogP contribution in [0.3, 0.4) is 0 Å². The van der Waals surface area contributed by atoms with Gasteiger partial charge in [0.2, 0.25) is 0 Å². The van der Waals surface area contributed by atoms with Crippen LogP contribution in [0.15, 0.2) is 52.3 Å². The van der Waals surface area contributed by atoms with E-state index in [1.54, 1.807) is 12.3 Å². The number of fused-ring (bicyclic) bond motifs is 1. The first-order valence-corrected chi connectivity index (χ1v) is 14.8. The third kappa shape index (κ3) is 5.98. The van der Waals surface area contributed by atoms with Gasteiger partial charge in [-0.2, -0.15) is 13.2 Å². The molecule has 3 aromatic heterocycles. The second kappa shape index (κ2) is 11.5. The summed E-state index contributed by atoms with van der Waals surface area (Å²) in [5.41, 5.74) is 1.46. The van der Waals surface area contributed by atoms with Gasteiger partial charge in [-0.3, -0.25) is 23.8 Å². The average Bonchev–Trinajstić information content (AvgIpc) is 3.33. The van der Waals surface area contributed by atoms with E-state index in [4.69, 9.17) is 21.1 Å². The van der Waals surface area contributed by atoms with Crippen molar-refractivity contribution in [2.24, 2.45) is 0 Å². The largest absolute Gasteiger partial charge is 0.489 e. The molecule has 4 aromatic rings. The second-order valence-electron chi connectivity index (χ2n) is 10.7. The van der Waals surface area contributed by atoms with Gasteiger partial charge in [-0.25, -0.2) is 4.79 Å². The van der Waals surface area contributed by atoms with Crippen molar-refractivity contribution in [3.05, 3.63) is 79.0 Å². The zero-order valence-corrected chi connectivity index (χ0v) is 24.3. The fraction of sp³-hybridized carbons (Fsp3) is 0.414. The van der Waals surface area contributed by atoms with E-state index in [9.17, 15) is 22.8 Å². The molecule has 2 aliphatic rings. The standard InChI is InChI=1S/C29H28ClF3N4O4S/c1-17-10-18(30)11-23(26(17)41-20-12-19(13-20)35-6-8-40-9-7-35)22-2-4-34-24-14-21(42-27(22)24)15-37-25(38)3-5-36(28(37)39)16-29(31,32)33/h2-5,10-11,14,19-20H,6-9,12-13,15-16H2,1H3/t19-,20-. The van der Waals surface area contributed by atoms with Crippen LogP contribution in [0, 0.1) is 6.92 Å². The molecule has 0 spiro atoms. The normalized spacial score (nSPS) is 19.6. The monoisotopic (exact) mass is 620 g/mol. The molecule has 2 fully saturated rings. The van der Waals surface area contributed by atoms with Crippen LogP contribution >= 0.6 is 22.9 Å². The van der Waals surface area contributed by atoms with E-state index < -0.39 is 24.0 Å². The summed E-state index contributed by atoms with van der Waals surface area (Å²) < 4.78 is 53.0. The first-order valence-electron chi connectivity index (χ1n) is 13.6. The lowest BCUT2D eigenvalue weighted by atomic mass is 9.87. The van der Waals surface area contributed by atoms with Crippen molar-refractivity contribution in [2.45, 2.75) is 51.2 Å². The maximum atomic E-state index is 12.9. The highest BCUT2D eigenvalue weighted by Gasteiger charge is 2.36. The van der Waals surface area contributed by atoms with Crippen molar-refractivity contribution < 1.29 is 22.6 Å². The Bertz CT molecular complexity index is 1740. The number of morpholine rings is 1. The lowest BCUT2D eigenvalue weighted by Crippen LogP contribution is -2.52. The predicted octanol–water partition coefficient (Wildman–Crippen LogP) is 5.10. The molecule has 1 saturated carbocycles. The van der Waals surface area contributed by atoms with Crippen LogP contribution in [0.5, 0.6) is 5.75 Å². The number of aromatic nitrogens is 3. The molecule has 1 aliphatic carbocycles. The van der Waals surface area contributed by atoms with Crippen molar-refractivity contribution in [1.82, 2.24) is 19.0 Å². The fourth-order valence-electron chi connectivity index (χ4n) is 5.58. The number of aryl methyl sites for hydroxylation is 1. The minimum absolute atomic E-state index is 0.0662. The van der Waals surface area contributed by atoms with Gasteiger partial charge in [-0.05, 0) is 36.8 Å². The SMILES string of the molecule is Cc1cc(Cl)cc(-c2ccnc3cc(Cn4c(=O)ccn(CC(F)(F)F)c4=O)sc23)c1O[C@H]1C[C@H](N2CCOCC2)C1. The summed E-state index contributed by atoms with van der Waals surface area (Å²) in [5, 5.41) is 0.553. The molecule has 0 amide bonds. The molecule has 0 atom stereocenters. The van der Waals surface area contributed by atoms with Crippen LogP contribution < -0.4 is 16.0 Å². The molecule has 0 radical (unpaired) electrons. The molecule has 1 saturated heterocycles. The van der Waals surface area contributed by atoms with Gasteiger partial charge < -0.3 is 9.47 Å². The molecule has 4 heterocycles. The number of pyridine rings is 1. The van der Waals surface area contributed by atoms with Crippen molar-refractivity contribution in [2.75, 3.05) is 26.3 Å². The highest BCUT2D eigenvalue weighted by Crippen LogP contribution is 2.43. The molecular weight excluding hydrogens is 593 g/mol. The van der Waals surface area contributed by atoms with E-state index in [2.05, 4.69) is 9.88 Å². The number of alkyl halides is 3. The van der Waals surface area contributed by atoms with Crippen LogP contribution in [0.2, 0.25) is 5.02 Å². The van der Waals surface area contributed by atoms with E-state index in [0.29, 0.717) is 26.0 Å². The van der Waals surface area contributed by atoms with Gasteiger partial charge in [0.05, 0.1) is 30.0 Å². The molecular formula is C29H28ClF3N4O4S. The van der Waals surface area contributed by atoms with Crippen LogP contribution in [-0.2, 0) is 17.8 Å². The number of benzene rings is 1. The maximum Gasteiger partial charge on any atom is 0.406 e. The summed E-state index contributed by atoms with van der Waals surface area (Å²) >= 11 is 7.82. The Morgan fingerprint density at radius 1 is 1.12 bits per heavy atom. The topological polar surface area (TPSA) is 78.6 Å². The molecule has 0 N–H and O–H groups in total. The highest BCUT2D eigenvalue weighted by molar-refractivity contribution is 7.19. The van der Waals surface area contributed by atoms with E-state index in [1.807, 2.05) is 25.1 Å². The van der Waals surface area contributed by atoms with Gasteiger partial charge in [-0.15, -0.1) is 11.3 Å². The Hall–Kier alpha value is -3.19. The summed E-state index contributed by atoms with van der Waals surface area (Å²) in [7, 11) is 0. The van der Waals surface area contributed by atoms with Gasteiger partial charge in [0.25, 0.3) is 5.56 Å². The van der Waals surface area contributed by atoms with Gasteiger partial charge in [0.1, 0.15) is 18.4 Å². The van der Waals surface area contributed by atoms with Gasteiger partial charge in [0.15, 0.2) is 0 Å². The zero-order valence-electron chi connectivity index (χ0n) is 22.7. The smallest absolute Gasteiger partial charge is 0.406 e. The molecule has 42 heavy (non-hydrogen) atoms. The van der Waals surface area contributed by atoms with E-state index in [0.717, 1.165) is 83.1 Å². The number of ether oxygens (including phenoxy) is 2. The van der Waals surface area contributed by atoms with Gasteiger partial charge >= 0.3 is 11.9 Å². The maximum absolute atomic E-state index is 12.9. The summed E-state index contributed by atoms with van der Waals surface area (Å²) in [5.74, 6) is 0.738. The quantitative estimate of drug-likeness (QED) is 0.286. The summed E-state index contributed by atoms with van der Waals surface area (Å²) in [4.78, 5) is 32.7. The van der Waals surface area contributed by atoms with Gasteiger partial charge in [0, 0.05) is 71.5 Å². The Labute approximate surface area is 247 Å². The number of nitrogens with zero attached hydrogens (tertiary/aromatic N) is 4. The second-order valence-corrected chi connectivity index (χ2v) is 12.2. The number of hydrogen-bond donors (Lipinski definition) is 0. The van der Waals surface area contributed by atoms with Crippen LogP contribution in [-0.4, -0.2) is 63.6 Å². The zero-order chi connectivity index (χ0) is 29.6. The molecule has 1 aromatic carbocycles. The molecule has 6 rings (SSSR count). The fourth-order valence-corrected chi connectivity index (χ4v) is 6.98. The molecule has 8 nitrogen and oxygen atoms in total. The Morgan fingerprint density at radius 2 is 1.88 bits per heavy atom. The van der Waals surface area contributed by atoms with Crippen molar-refractivity contribution in [3.63, 3.8) is 0 Å². The Morgan fingerprint density at radius 3 is 2.62 bits per heavy atom. The third-order valence-electron chi connectivity index (χ3n) is 7.71. The number of thiophene rings is 1. The van der Waals surface area contributed by atoms with Crippen molar-refractivity contribution >= 4 is 33.2 Å². The average molecular weight is 621 g/mol. The number of rotatable bonds is 7. The van der Waals surface area contributed by atoms with Crippen molar-refractivity contribution in [1.29, 1.82) is 0 Å². The summed E-state index contributed by atoms with van der Waals surface area (Å²) in [6.45, 7) is 3.68. The molecule has 13 heteroatoms. The molecule has 1 aliphatic heterocycles. The van der Waals surface area contributed by atoms with Crippen LogP contribution in [0.4, 0.5) is 13.2 Å². The highest BCUT2D eigenvalue weighted by atomic mass is 35.5. The third-order valence-corrected chi connectivity index (χ3v) is 9.07. The summed E-state index contributed by atoms with van der Waals surface area (Å²) in [6, 6.07) is 8.77. The Balaban J connectivity index is 1.30. The van der Waals surface area contributed by atoms with E-state index >= 15 is 0 Å². The lowest BCUT2D eigenvalue weighted by molar-refractivity contribution is -0.141. The van der Waals surface area contributed by atoms with Crippen LogP contribution in [0.1, 0.15) is 23.3 Å². The number of hydrogen-bond acceptors (Lipinski definition) is 7. The molecule has 0 unspecified atom stereocenters. The molecule has 0 bridgehead atoms. The number of halogens is 4. The van der Waals surface area contributed by atoms with Crippen LogP contribution in [0.25, 0.3) is 21.3 Å². The van der Waals surface area contributed by atoms with Gasteiger partial charge in [-0.1, -0.05) is 11.6 Å². The first-order chi connectivity index (χ1) is 20.1. The minimum Gasteiger partial charge on any atom is -0.489 e. The van der Waals surface area contributed by atoms with Crippen molar-refractivity contribution in [3.8, 4) is 16.9 Å². The first kappa shape index (κ1) is 28.9. The lowest BCUT2D eigenvalue weighted by Gasteiger charge is -2.44. The summed E-state index contributed by atoms with van der Waals surface area (Å²) in [6.07, 6.45) is -0.149.